The molecule has 0 heterocycles. The van der Waals surface area contributed by atoms with Gasteiger partial charge in [-0.2, -0.15) is 0 Å². The van der Waals surface area contributed by atoms with Crippen molar-refractivity contribution in [1.29, 1.82) is 0 Å². The number of benzene rings is 1. The van der Waals surface area contributed by atoms with Gasteiger partial charge in [-0.3, -0.25) is 4.79 Å². The Bertz CT molecular complexity index is 442. The van der Waals surface area contributed by atoms with Crippen molar-refractivity contribution >= 4 is 5.91 Å². The van der Waals surface area contributed by atoms with E-state index in [1.807, 2.05) is 32.9 Å². The first-order valence-electron chi connectivity index (χ1n) is 6.52. The van der Waals surface area contributed by atoms with E-state index >= 15 is 0 Å². The van der Waals surface area contributed by atoms with E-state index in [9.17, 15) is 4.79 Å². The van der Waals surface area contributed by atoms with Crippen LogP contribution in [0.4, 0.5) is 0 Å². The number of aryl methyl sites for hydroxylation is 2. The SMILES string of the molecule is COc1ccc(CCC(=O)NC(C)(C)CN)cc1C. The van der Waals surface area contributed by atoms with E-state index < -0.39 is 0 Å². The Balaban J connectivity index is 2.53. The lowest BCUT2D eigenvalue weighted by Crippen LogP contribution is -2.48. The number of hydrogen-bond donors (Lipinski definition) is 2. The Morgan fingerprint density at radius 1 is 1.42 bits per heavy atom. The van der Waals surface area contributed by atoms with Crippen LogP contribution in [-0.4, -0.2) is 25.1 Å². The quantitative estimate of drug-likeness (QED) is 0.823. The molecule has 0 saturated heterocycles. The van der Waals surface area contributed by atoms with E-state index in [-0.39, 0.29) is 11.4 Å². The largest absolute Gasteiger partial charge is 0.496 e. The third kappa shape index (κ3) is 4.91. The van der Waals surface area contributed by atoms with Crippen molar-refractivity contribution in [3.63, 3.8) is 0 Å². The Labute approximate surface area is 115 Å². The molecule has 3 N–H and O–H groups in total. The molecule has 1 amide bonds. The molecule has 0 aliphatic rings. The van der Waals surface area contributed by atoms with Crippen LogP contribution >= 0.6 is 0 Å². The van der Waals surface area contributed by atoms with Gasteiger partial charge in [0, 0.05) is 18.5 Å². The van der Waals surface area contributed by atoms with E-state index in [1.165, 1.54) is 0 Å². The molecule has 0 unspecified atom stereocenters. The number of methoxy groups -OCH3 is 1. The van der Waals surface area contributed by atoms with Crippen molar-refractivity contribution in [2.45, 2.75) is 39.2 Å². The summed E-state index contributed by atoms with van der Waals surface area (Å²) in [6.45, 7) is 6.27. The summed E-state index contributed by atoms with van der Waals surface area (Å²) < 4.78 is 5.21. The van der Waals surface area contributed by atoms with Crippen LogP contribution < -0.4 is 15.8 Å². The van der Waals surface area contributed by atoms with Gasteiger partial charge in [-0.25, -0.2) is 0 Å². The summed E-state index contributed by atoms with van der Waals surface area (Å²) in [5.74, 6) is 0.904. The van der Waals surface area contributed by atoms with Gasteiger partial charge in [0.05, 0.1) is 7.11 Å². The van der Waals surface area contributed by atoms with E-state index in [2.05, 4.69) is 11.4 Å². The molecule has 4 nitrogen and oxygen atoms in total. The van der Waals surface area contributed by atoms with Gasteiger partial charge < -0.3 is 15.8 Å². The number of nitrogens with one attached hydrogen (secondary N) is 1. The molecule has 0 spiro atoms. The minimum atomic E-state index is -0.340. The van der Waals surface area contributed by atoms with Crippen molar-refractivity contribution in [2.75, 3.05) is 13.7 Å². The Hall–Kier alpha value is -1.55. The number of rotatable bonds is 6. The lowest BCUT2D eigenvalue weighted by Gasteiger charge is -2.24. The molecule has 1 aromatic rings. The van der Waals surface area contributed by atoms with Gasteiger partial charge in [0.2, 0.25) is 5.91 Å². The minimum absolute atomic E-state index is 0.0314. The molecular weight excluding hydrogens is 240 g/mol. The third-order valence-corrected chi connectivity index (χ3v) is 3.09. The topological polar surface area (TPSA) is 64.3 Å². The number of hydrogen-bond acceptors (Lipinski definition) is 3. The maximum Gasteiger partial charge on any atom is 0.220 e. The molecule has 1 rings (SSSR count). The first kappa shape index (κ1) is 15.5. The number of nitrogens with two attached hydrogens (primary N) is 1. The van der Waals surface area contributed by atoms with Gasteiger partial charge in [0.1, 0.15) is 5.75 Å². The van der Waals surface area contributed by atoms with E-state index in [4.69, 9.17) is 10.5 Å². The summed E-state index contributed by atoms with van der Waals surface area (Å²) in [6, 6.07) is 5.99. The number of ether oxygens (including phenoxy) is 1. The van der Waals surface area contributed by atoms with Crippen molar-refractivity contribution in [3.8, 4) is 5.75 Å². The Morgan fingerprint density at radius 2 is 2.11 bits per heavy atom. The number of carbonyl (C=O) groups excluding carboxylic acids is 1. The van der Waals surface area contributed by atoms with Gasteiger partial charge in [0.15, 0.2) is 0 Å². The van der Waals surface area contributed by atoms with Crippen LogP contribution in [-0.2, 0) is 11.2 Å². The van der Waals surface area contributed by atoms with Crippen molar-refractivity contribution in [1.82, 2.24) is 5.32 Å². The second-order valence-corrected chi connectivity index (χ2v) is 5.44. The summed E-state index contributed by atoms with van der Waals surface area (Å²) in [5, 5.41) is 2.92. The molecule has 0 atom stereocenters. The Morgan fingerprint density at radius 3 is 2.63 bits per heavy atom. The molecule has 19 heavy (non-hydrogen) atoms. The van der Waals surface area contributed by atoms with Crippen LogP contribution in [0.15, 0.2) is 18.2 Å². The van der Waals surface area contributed by atoms with Gasteiger partial charge in [-0.1, -0.05) is 12.1 Å². The van der Waals surface area contributed by atoms with Gasteiger partial charge in [-0.05, 0) is 44.4 Å². The second-order valence-electron chi connectivity index (χ2n) is 5.44. The van der Waals surface area contributed by atoms with Gasteiger partial charge in [0.25, 0.3) is 0 Å². The van der Waals surface area contributed by atoms with Crippen LogP contribution in [0.5, 0.6) is 5.75 Å². The second kappa shape index (κ2) is 6.57. The predicted molar refractivity (Wildman–Crippen MR) is 77.3 cm³/mol. The summed E-state index contributed by atoms with van der Waals surface area (Å²) in [6.07, 6.45) is 1.19. The molecular formula is C15H24N2O2. The van der Waals surface area contributed by atoms with E-state index in [0.29, 0.717) is 13.0 Å². The molecule has 1 aromatic carbocycles. The monoisotopic (exact) mass is 264 g/mol. The number of carbonyl (C=O) groups is 1. The molecule has 106 valence electrons. The highest BCUT2D eigenvalue weighted by molar-refractivity contribution is 5.77. The fourth-order valence-electron chi connectivity index (χ4n) is 1.84. The molecule has 0 fully saturated rings. The zero-order valence-corrected chi connectivity index (χ0v) is 12.2. The van der Waals surface area contributed by atoms with Gasteiger partial charge >= 0.3 is 0 Å². The molecule has 0 bridgehead atoms. The highest BCUT2D eigenvalue weighted by Crippen LogP contribution is 2.19. The van der Waals surface area contributed by atoms with Crippen LogP contribution in [0.1, 0.15) is 31.4 Å². The summed E-state index contributed by atoms with van der Waals surface area (Å²) in [7, 11) is 1.66. The predicted octanol–water partition coefficient (Wildman–Crippen LogP) is 1.79. The fourth-order valence-corrected chi connectivity index (χ4v) is 1.84. The van der Waals surface area contributed by atoms with Crippen LogP contribution in [0.2, 0.25) is 0 Å². The fraction of sp³-hybridized carbons (Fsp3) is 0.533. The van der Waals surface area contributed by atoms with Crippen molar-refractivity contribution in [3.05, 3.63) is 29.3 Å². The van der Waals surface area contributed by atoms with Gasteiger partial charge in [-0.15, -0.1) is 0 Å². The summed E-state index contributed by atoms with van der Waals surface area (Å²) in [5.41, 5.74) is 7.47. The molecule has 0 saturated carbocycles. The first-order chi connectivity index (χ1) is 8.88. The summed E-state index contributed by atoms with van der Waals surface area (Å²) >= 11 is 0. The highest BCUT2D eigenvalue weighted by atomic mass is 16.5. The first-order valence-corrected chi connectivity index (χ1v) is 6.52. The molecule has 4 heteroatoms. The lowest BCUT2D eigenvalue weighted by molar-refractivity contribution is -0.122. The van der Waals surface area contributed by atoms with Crippen molar-refractivity contribution < 1.29 is 9.53 Å². The number of amides is 1. The molecule has 0 aliphatic heterocycles. The minimum Gasteiger partial charge on any atom is -0.496 e. The van der Waals surface area contributed by atoms with Crippen LogP contribution in [0.3, 0.4) is 0 Å². The van der Waals surface area contributed by atoms with Crippen LogP contribution in [0, 0.1) is 6.92 Å². The van der Waals surface area contributed by atoms with E-state index in [1.54, 1.807) is 7.11 Å². The average molecular weight is 264 g/mol. The normalized spacial score (nSPS) is 11.2. The summed E-state index contributed by atoms with van der Waals surface area (Å²) in [4.78, 5) is 11.8. The molecule has 0 radical (unpaired) electrons. The maximum absolute atomic E-state index is 11.8. The maximum atomic E-state index is 11.8. The zero-order valence-electron chi connectivity index (χ0n) is 12.2. The Kier molecular flexibility index (Phi) is 5.36. The zero-order chi connectivity index (χ0) is 14.5. The molecule has 0 aromatic heterocycles. The standard InChI is InChI=1S/C15H24N2O2/c1-11-9-12(5-7-13(11)19-4)6-8-14(18)17-15(2,3)10-16/h5,7,9H,6,8,10,16H2,1-4H3,(H,17,18). The third-order valence-electron chi connectivity index (χ3n) is 3.09. The lowest BCUT2D eigenvalue weighted by atomic mass is 10.0. The van der Waals surface area contributed by atoms with Crippen LogP contribution in [0.25, 0.3) is 0 Å². The van der Waals surface area contributed by atoms with Crippen molar-refractivity contribution in [2.24, 2.45) is 5.73 Å². The smallest absolute Gasteiger partial charge is 0.220 e. The highest BCUT2D eigenvalue weighted by Gasteiger charge is 2.17. The van der Waals surface area contributed by atoms with E-state index in [0.717, 1.165) is 23.3 Å². The average Bonchev–Trinajstić information content (AvgIpc) is 2.36. The molecule has 0 aliphatic carbocycles.